The van der Waals surface area contributed by atoms with E-state index < -0.39 is 17.3 Å². The molecule has 9 heteroatoms. The van der Waals surface area contributed by atoms with Gasteiger partial charge < -0.3 is 15.2 Å². The van der Waals surface area contributed by atoms with Crippen molar-refractivity contribution >= 4 is 11.9 Å². The Bertz CT molecular complexity index is 1170. The molecule has 1 unspecified atom stereocenters. The van der Waals surface area contributed by atoms with Crippen molar-refractivity contribution in [1.82, 2.24) is 4.90 Å². The van der Waals surface area contributed by atoms with E-state index in [9.17, 15) is 18.0 Å². The van der Waals surface area contributed by atoms with Crippen LogP contribution in [-0.2, 0) is 21.5 Å². The number of guanidine groups is 1. The smallest absolute Gasteiger partial charge is 0.406 e. The number of methoxy groups -OCH3 is 1. The number of rotatable bonds is 3. The second-order valence-electron chi connectivity index (χ2n) is 9.38. The molecule has 2 aromatic carbocycles. The summed E-state index contributed by atoms with van der Waals surface area (Å²) in [5.74, 6) is -0.281. The molecule has 0 bridgehead atoms. The molecule has 6 nitrogen and oxygen atoms in total. The fourth-order valence-corrected chi connectivity index (χ4v) is 5.98. The molecule has 2 N–H and O–H groups in total. The van der Waals surface area contributed by atoms with Crippen molar-refractivity contribution in [3.05, 3.63) is 53.6 Å². The molecule has 5 rings (SSSR count). The SMILES string of the molecule is COC1CCC2(CC1)Cc1ccc(-c3cccc(OC(F)(F)F)c3)cc1C21N=C(N)N(C)C1=O. The quantitative estimate of drug-likeness (QED) is 0.719. The summed E-state index contributed by atoms with van der Waals surface area (Å²) in [6.07, 6.45) is -0.770. The van der Waals surface area contributed by atoms with Crippen molar-refractivity contribution in [3.8, 4) is 16.9 Å². The molecule has 34 heavy (non-hydrogen) atoms. The molecule has 1 aliphatic heterocycles. The van der Waals surface area contributed by atoms with Gasteiger partial charge in [0.25, 0.3) is 5.91 Å². The highest BCUT2D eigenvalue weighted by Crippen LogP contribution is 2.62. The van der Waals surface area contributed by atoms with Crippen LogP contribution in [0.4, 0.5) is 13.2 Å². The van der Waals surface area contributed by atoms with Crippen LogP contribution in [0.1, 0.15) is 36.8 Å². The standard InChI is InChI=1S/C25H26F3N3O3/c1-31-21(32)24(30-22(31)29)20-13-16(15-4-3-5-19(12-15)34-25(26,27)28)6-7-17(20)14-23(24)10-8-18(33-2)9-11-23/h3-7,12-13,18H,8-11,14H2,1-2H3,(H2,29,30). The van der Waals surface area contributed by atoms with Gasteiger partial charge in [0.1, 0.15) is 5.75 Å². The summed E-state index contributed by atoms with van der Waals surface area (Å²) in [4.78, 5) is 20.0. The molecular weight excluding hydrogens is 447 g/mol. The Morgan fingerprint density at radius 2 is 1.82 bits per heavy atom. The molecule has 0 saturated heterocycles. The fourth-order valence-electron chi connectivity index (χ4n) is 5.98. The van der Waals surface area contributed by atoms with Gasteiger partial charge in [-0.05, 0) is 72.6 Å². The minimum absolute atomic E-state index is 0.147. The number of aliphatic imine (C=N–C) groups is 1. The molecule has 180 valence electrons. The summed E-state index contributed by atoms with van der Waals surface area (Å²) < 4.78 is 47.8. The van der Waals surface area contributed by atoms with E-state index in [4.69, 9.17) is 15.5 Å². The highest BCUT2D eigenvalue weighted by Gasteiger charge is 2.66. The number of likely N-dealkylation sites (N-methyl/N-ethyl adjacent to an activating group) is 1. The summed E-state index contributed by atoms with van der Waals surface area (Å²) in [6.45, 7) is 0. The molecule has 1 saturated carbocycles. The van der Waals surface area contributed by atoms with Gasteiger partial charge in [-0.3, -0.25) is 9.69 Å². The molecular formula is C25H26F3N3O3. The maximum atomic E-state index is 13.7. The fraction of sp³-hybridized carbons (Fsp3) is 0.440. The van der Waals surface area contributed by atoms with Gasteiger partial charge in [0, 0.05) is 19.6 Å². The number of carbonyl (C=O) groups is 1. The third kappa shape index (κ3) is 3.36. The lowest BCUT2D eigenvalue weighted by molar-refractivity contribution is -0.274. The number of nitrogens with two attached hydrogens (primary N) is 1. The van der Waals surface area contributed by atoms with Crippen LogP contribution < -0.4 is 10.5 Å². The second-order valence-corrected chi connectivity index (χ2v) is 9.38. The van der Waals surface area contributed by atoms with Gasteiger partial charge >= 0.3 is 6.36 Å². The highest BCUT2D eigenvalue weighted by molar-refractivity contribution is 6.08. The van der Waals surface area contributed by atoms with Gasteiger partial charge in [-0.15, -0.1) is 13.2 Å². The number of benzene rings is 2. The van der Waals surface area contributed by atoms with E-state index in [1.54, 1.807) is 20.2 Å². The largest absolute Gasteiger partial charge is 0.573 e. The normalized spacial score (nSPS) is 28.5. The van der Waals surface area contributed by atoms with Crippen molar-refractivity contribution in [3.63, 3.8) is 0 Å². The van der Waals surface area contributed by atoms with Crippen molar-refractivity contribution in [2.75, 3.05) is 14.2 Å². The lowest BCUT2D eigenvalue weighted by Crippen LogP contribution is -2.51. The topological polar surface area (TPSA) is 77.2 Å². The lowest BCUT2D eigenvalue weighted by atomic mass is 9.61. The number of carbonyl (C=O) groups excluding carboxylic acids is 1. The number of hydrogen-bond donors (Lipinski definition) is 1. The minimum atomic E-state index is -4.78. The number of halogens is 3. The molecule has 0 radical (unpaired) electrons. The van der Waals surface area contributed by atoms with E-state index in [0.717, 1.165) is 36.8 Å². The lowest BCUT2D eigenvalue weighted by Gasteiger charge is -2.45. The third-order valence-corrected chi connectivity index (χ3v) is 7.66. The van der Waals surface area contributed by atoms with Crippen molar-refractivity contribution in [1.29, 1.82) is 0 Å². The van der Waals surface area contributed by atoms with Crippen LogP contribution in [0.25, 0.3) is 11.1 Å². The van der Waals surface area contributed by atoms with Crippen molar-refractivity contribution in [2.24, 2.45) is 16.1 Å². The molecule has 2 aromatic rings. The van der Waals surface area contributed by atoms with Gasteiger partial charge in [0.05, 0.1) is 6.10 Å². The van der Waals surface area contributed by atoms with Crippen molar-refractivity contribution < 1.29 is 27.4 Å². The first-order valence-corrected chi connectivity index (χ1v) is 11.2. The maximum absolute atomic E-state index is 13.7. The van der Waals surface area contributed by atoms with Crippen LogP contribution >= 0.6 is 0 Å². The average Bonchev–Trinajstić information content (AvgIpc) is 3.19. The van der Waals surface area contributed by atoms with E-state index in [2.05, 4.69) is 4.74 Å². The first-order valence-electron chi connectivity index (χ1n) is 11.2. The van der Waals surface area contributed by atoms with E-state index >= 15 is 0 Å². The molecule has 0 aromatic heterocycles. The minimum Gasteiger partial charge on any atom is -0.406 e. The molecule has 1 heterocycles. The molecule has 1 amide bonds. The summed E-state index contributed by atoms with van der Waals surface area (Å²) in [6, 6.07) is 11.5. The van der Waals surface area contributed by atoms with E-state index in [0.29, 0.717) is 17.5 Å². The Morgan fingerprint density at radius 1 is 1.12 bits per heavy atom. The Balaban J connectivity index is 1.61. The van der Waals surface area contributed by atoms with E-state index in [1.165, 1.54) is 23.1 Å². The third-order valence-electron chi connectivity index (χ3n) is 7.66. The highest BCUT2D eigenvalue weighted by atomic mass is 19.4. The van der Waals surface area contributed by atoms with Crippen LogP contribution in [0.3, 0.4) is 0 Å². The molecule has 1 atom stereocenters. The zero-order valence-corrected chi connectivity index (χ0v) is 19.0. The number of fused-ring (bicyclic) bond motifs is 3. The molecule has 2 aliphatic carbocycles. The van der Waals surface area contributed by atoms with E-state index in [-0.39, 0.29) is 23.7 Å². The van der Waals surface area contributed by atoms with Crippen LogP contribution in [0, 0.1) is 5.41 Å². The molecule has 1 fully saturated rings. The zero-order valence-electron chi connectivity index (χ0n) is 19.0. The van der Waals surface area contributed by atoms with Crippen LogP contribution in [0.15, 0.2) is 47.5 Å². The first kappa shape index (κ1) is 22.7. The molecule has 3 aliphatic rings. The molecule has 2 spiro atoms. The van der Waals surface area contributed by atoms with E-state index in [1.807, 2.05) is 18.2 Å². The van der Waals surface area contributed by atoms with Gasteiger partial charge in [0.15, 0.2) is 11.5 Å². The average molecular weight is 473 g/mol. The predicted molar refractivity (Wildman–Crippen MR) is 120 cm³/mol. The van der Waals surface area contributed by atoms with Gasteiger partial charge in [0.2, 0.25) is 0 Å². The predicted octanol–water partition coefficient (Wildman–Crippen LogP) is 4.37. The monoisotopic (exact) mass is 473 g/mol. The van der Waals surface area contributed by atoms with Crippen LogP contribution in [0.5, 0.6) is 5.75 Å². The summed E-state index contributed by atoms with van der Waals surface area (Å²) >= 11 is 0. The first-order chi connectivity index (χ1) is 16.1. The summed E-state index contributed by atoms with van der Waals surface area (Å²) in [7, 11) is 3.33. The Hall–Kier alpha value is -3.07. The maximum Gasteiger partial charge on any atom is 0.573 e. The Morgan fingerprint density at radius 3 is 2.44 bits per heavy atom. The number of nitrogens with zero attached hydrogens (tertiary/aromatic N) is 2. The number of ether oxygens (including phenoxy) is 2. The number of hydrogen-bond acceptors (Lipinski definition) is 5. The number of amides is 1. The van der Waals surface area contributed by atoms with Crippen LogP contribution in [-0.4, -0.2) is 43.4 Å². The van der Waals surface area contributed by atoms with Crippen LogP contribution in [0.2, 0.25) is 0 Å². The Labute approximate surface area is 195 Å². The van der Waals surface area contributed by atoms with Gasteiger partial charge in [-0.25, -0.2) is 4.99 Å². The Kier molecular flexibility index (Phi) is 5.16. The second kappa shape index (κ2) is 7.73. The van der Waals surface area contributed by atoms with Gasteiger partial charge in [-0.1, -0.05) is 24.3 Å². The number of alkyl halides is 3. The summed E-state index contributed by atoms with van der Waals surface area (Å²) in [5.41, 5.74) is 7.63. The van der Waals surface area contributed by atoms with Crippen molar-refractivity contribution in [2.45, 2.75) is 50.1 Å². The summed E-state index contributed by atoms with van der Waals surface area (Å²) in [5, 5.41) is 0. The van der Waals surface area contributed by atoms with Gasteiger partial charge in [-0.2, -0.15) is 0 Å². The zero-order chi connectivity index (χ0) is 24.3.